The van der Waals surface area contributed by atoms with E-state index < -0.39 is 22.5 Å². The molecule has 0 saturated heterocycles. The molecule has 0 bridgehead atoms. The fraction of sp³-hybridized carbons (Fsp3) is 0.208. The largest absolute Gasteiger partial charge is 0.495 e. The highest BCUT2D eigenvalue weighted by molar-refractivity contribution is 7.92. The number of benzene rings is 3. The maximum Gasteiger partial charge on any atom is 0.264 e. The topological polar surface area (TPSA) is 84.9 Å². The van der Waals surface area contributed by atoms with Gasteiger partial charge in [0.25, 0.3) is 10.0 Å². The second-order valence-electron chi connectivity index (χ2n) is 7.32. The fourth-order valence-electron chi connectivity index (χ4n) is 3.23. The number of ether oxygens (including phenoxy) is 2. The second kappa shape index (κ2) is 10.7. The van der Waals surface area contributed by atoms with Crippen LogP contribution in [0.25, 0.3) is 0 Å². The van der Waals surface area contributed by atoms with Gasteiger partial charge in [-0.3, -0.25) is 9.10 Å². The number of nitrogens with one attached hydrogen (secondary N) is 1. The van der Waals surface area contributed by atoms with Crippen LogP contribution in [-0.4, -0.2) is 35.1 Å². The first-order valence-electron chi connectivity index (χ1n) is 10.1. The minimum Gasteiger partial charge on any atom is -0.495 e. The van der Waals surface area contributed by atoms with Gasteiger partial charge < -0.3 is 14.8 Å². The number of carbonyl (C=O) groups is 1. The molecule has 0 atom stereocenters. The summed E-state index contributed by atoms with van der Waals surface area (Å²) in [6.07, 6.45) is 0. The average Bonchev–Trinajstić information content (AvgIpc) is 2.78. The molecule has 33 heavy (non-hydrogen) atoms. The number of halogens is 1. The predicted octanol–water partition coefficient (Wildman–Crippen LogP) is 4.64. The third-order valence-electron chi connectivity index (χ3n) is 4.83. The Morgan fingerprint density at radius 2 is 1.76 bits per heavy atom. The van der Waals surface area contributed by atoms with E-state index in [-0.39, 0.29) is 16.3 Å². The molecule has 9 heteroatoms. The maximum absolute atomic E-state index is 13.6. The number of sulfonamides is 1. The lowest BCUT2D eigenvalue weighted by atomic mass is 10.2. The Morgan fingerprint density at radius 1 is 1.03 bits per heavy atom. The Balaban J connectivity index is 1.99. The first-order valence-corrected chi connectivity index (χ1v) is 11.9. The molecule has 0 aliphatic carbocycles. The summed E-state index contributed by atoms with van der Waals surface area (Å²) in [6.45, 7) is 1.76. The van der Waals surface area contributed by atoms with Gasteiger partial charge in [-0.25, -0.2) is 8.42 Å². The van der Waals surface area contributed by atoms with Gasteiger partial charge >= 0.3 is 0 Å². The third kappa shape index (κ3) is 6.04. The lowest BCUT2D eigenvalue weighted by Crippen LogP contribution is -2.38. The molecule has 0 aliphatic rings. The van der Waals surface area contributed by atoms with Gasteiger partial charge in [0.15, 0.2) is 0 Å². The molecule has 0 fully saturated rings. The number of rotatable bonds is 9. The summed E-state index contributed by atoms with van der Waals surface area (Å²) >= 11 is 6.16. The summed E-state index contributed by atoms with van der Waals surface area (Å²) in [5, 5.41) is 3.06. The normalized spacial score (nSPS) is 11.2. The van der Waals surface area contributed by atoms with Gasteiger partial charge in [0.05, 0.1) is 24.3 Å². The van der Waals surface area contributed by atoms with Gasteiger partial charge in [-0.05, 0) is 55.0 Å². The summed E-state index contributed by atoms with van der Waals surface area (Å²) in [7, 11) is -1.11. The number of nitrogens with zero attached hydrogens (tertiary/aromatic N) is 1. The highest BCUT2D eigenvalue weighted by Gasteiger charge is 2.29. The standard InChI is InChI=1S/C24H25ClN2O5S/c1-17-7-10-21(11-8-17)33(29,30)27(22-14-19(25)9-12-23(22)32-3)15-24(28)26-20-6-4-5-18(13-20)16-31-2/h4-14H,15-16H2,1-3H3,(H,26,28). The Kier molecular flexibility index (Phi) is 7.97. The fourth-order valence-corrected chi connectivity index (χ4v) is 4.82. The van der Waals surface area contributed by atoms with Gasteiger partial charge in [0.1, 0.15) is 12.3 Å². The molecule has 1 N–H and O–H groups in total. The van der Waals surface area contributed by atoms with Crippen LogP contribution in [0.3, 0.4) is 0 Å². The van der Waals surface area contributed by atoms with E-state index in [1.807, 2.05) is 13.0 Å². The SMILES string of the molecule is COCc1cccc(NC(=O)CN(c2cc(Cl)ccc2OC)S(=O)(=O)c2ccc(C)cc2)c1. The van der Waals surface area contributed by atoms with Crippen LogP contribution in [0.15, 0.2) is 71.6 Å². The predicted molar refractivity (Wildman–Crippen MR) is 129 cm³/mol. The molecule has 0 unspecified atom stereocenters. The molecule has 0 heterocycles. The Labute approximate surface area is 198 Å². The quantitative estimate of drug-likeness (QED) is 0.474. The lowest BCUT2D eigenvalue weighted by molar-refractivity contribution is -0.114. The van der Waals surface area contributed by atoms with Crippen molar-refractivity contribution in [3.8, 4) is 5.75 Å². The van der Waals surface area contributed by atoms with Crippen molar-refractivity contribution in [1.29, 1.82) is 0 Å². The smallest absolute Gasteiger partial charge is 0.264 e. The molecule has 0 aliphatic heterocycles. The minimum atomic E-state index is -4.11. The summed E-state index contributed by atoms with van der Waals surface area (Å²) in [5.74, 6) is -0.257. The minimum absolute atomic E-state index is 0.0463. The molecule has 3 rings (SSSR count). The van der Waals surface area contributed by atoms with Crippen molar-refractivity contribution < 1.29 is 22.7 Å². The zero-order chi connectivity index (χ0) is 24.0. The molecule has 3 aromatic carbocycles. The Morgan fingerprint density at radius 3 is 2.42 bits per heavy atom. The van der Waals surface area contributed by atoms with E-state index in [2.05, 4.69) is 5.32 Å². The highest BCUT2D eigenvalue weighted by atomic mass is 35.5. The van der Waals surface area contributed by atoms with Crippen LogP contribution in [0.1, 0.15) is 11.1 Å². The van der Waals surface area contributed by atoms with Crippen LogP contribution in [0.4, 0.5) is 11.4 Å². The zero-order valence-corrected chi connectivity index (χ0v) is 20.1. The van der Waals surface area contributed by atoms with E-state index in [1.54, 1.807) is 49.6 Å². The molecule has 1 amide bonds. The third-order valence-corrected chi connectivity index (χ3v) is 6.84. The van der Waals surface area contributed by atoms with Crippen LogP contribution in [0.5, 0.6) is 5.75 Å². The summed E-state index contributed by atoms with van der Waals surface area (Å²) < 4.78 is 38.6. The number of methoxy groups -OCH3 is 2. The van der Waals surface area contributed by atoms with Crippen LogP contribution in [0.2, 0.25) is 5.02 Å². The van der Waals surface area contributed by atoms with Crippen molar-refractivity contribution in [2.24, 2.45) is 0 Å². The van der Waals surface area contributed by atoms with E-state index in [4.69, 9.17) is 21.1 Å². The molecule has 174 valence electrons. The van der Waals surface area contributed by atoms with Crippen molar-refractivity contribution in [3.05, 3.63) is 82.9 Å². The molecule has 3 aromatic rings. The molecule has 0 spiro atoms. The first kappa shape index (κ1) is 24.6. The number of aryl methyl sites for hydroxylation is 1. The van der Waals surface area contributed by atoms with E-state index in [0.717, 1.165) is 15.4 Å². The van der Waals surface area contributed by atoms with E-state index >= 15 is 0 Å². The van der Waals surface area contributed by atoms with Crippen LogP contribution in [-0.2, 0) is 26.2 Å². The van der Waals surface area contributed by atoms with Gasteiger partial charge in [0, 0.05) is 17.8 Å². The number of amides is 1. The van der Waals surface area contributed by atoms with Crippen molar-refractivity contribution >= 4 is 38.9 Å². The number of hydrogen-bond acceptors (Lipinski definition) is 5. The van der Waals surface area contributed by atoms with Crippen molar-refractivity contribution in [2.75, 3.05) is 30.4 Å². The van der Waals surface area contributed by atoms with Crippen LogP contribution < -0.4 is 14.4 Å². The van der Waals surface area contributed by atoms with Gasteiger partial charge in [-0.1, -0.05) is 41.4 Å². The van der Waals surface area contributed by atoms with E-state index in [1.165, 1.54) is 25.3 Å². The van der Waals surface area contributed by atoms with Gasteiger partial charge in [-0.2, -0.15) is 0 Å². The molecule has 7 nitrogen and oxygen atoms in total. The van der Waals surface area contributed by atoms with Crippen LogP contribution in [0, 0.1) is 6.92 Å². The molecular formula is C24H25ClN2O5S. The number of hydrogen-bond donors (Lipinski definition) is 1. The lowest BCUT2D eigenvalue weighted by Gasteiger charge is -2.26. The molecular weight excluding hydrogens is 464 g/mol. The number of carbonyl (C=O) groups excluding carboxylic acids is 1. The Bertz CT molecular complexity index is 1230. The molecule has 0 saturated carbocycles. The van der Waals surface area contributed by atoms with Crippen molar-refractivity contribution in [1.82, 2.24) is 0 Å². The summed E-state index contributed by atoms with van der Waals surface area (Å²) in [6, 6.07) is 18.1. The van der Waals surface area contributed by atoms with Gasteiger partial charge in [0.2, 0.25) is 5.91 Å². The highest BCUT2D eigenvalue weighted by Crippen LogP contribution is 2.35. The first-order chi connectivity index (χ1) is 15.7. The zero-order valence-electron chi connectivity index (χ0n) is 18.5. The maximum atomic E-state index is 13.6. The van der Waals surface area contributed by atoms with E-state index in [9.17, 15) is 13.2 Å². The molecule has 0 aromatic heterocycles. The molecule has 0 radical (unpaired) electrons. The van der Waals surface area contributed by atoms with E-state index in [0.29, 0.717) is 17.3 Å². The summed E-state index contributed by atoms with van der Waals surface area (Å²) in [4.78, 5) is 13.0. The second-order valence-corrected chi connectivity index (χ2v) is 9.62. The average molecular weight is 489 g/mol. The van der Waals surface area contributed by atoms with Crippen molar-refractivity contribution in [3.63, 3.8) is 0 Å². The summed E-state index contributed by atoms with van der Waals surface area (Å²) in [5.41, 5.74) is 2.47. The number of anilines is 2. The van der Waals surface area contributed by atoms with Crippen LogP contribution >= 0.6 is 11.6 Å². The van der Waals surface area contributed by atoms with Crippen molar-refractivity contribution in [2.45, 2.75) is 18.4 Å². The Hall–Kier alpha value is -3.07. The van der Waals surface area contributed by atoms with Gasteiger partial charge in [-0.15, -0.1) is 0 Å². The monoisotopic (exact) mass is 488 g/mol.